The standard InChI is InChI=1S/C8H11N3O4/c9-7(13)4-1-6(12)11(2-4)5-3-15-10-8(5)14/h4-5H,1-3H2,(H2,9,13)(H,10,14)/t4?,5-/m0/s1. The number of amides is 3. The number of carbonyl (C=O) groups is 3. The van der Waals surface area contributed by atoms with Gasteiger partial charge in [0.1, 0.15) is 12.6 Å². The summed E-state index contributed by atoms with van der Waals surface area (Å²) in [6, 6.07) is -0.623. The third-order valence-electron chi connectivity index (χ3n) is 2.65. The van der Waals surface area contributed by atoms with Crippen LogP contribution in [0.25, 0.3) is 0 Å². The quantitative estimate of drug-likeness (QED) is 0.541. The van der Waals surface area contributed by atoms with Gasteiger partial charge in [0.05, 0.1) is 5.92 Å². The van der Waals surface area contributed by atoms with Gasteiger partial charge in [-0.15, -0.1) is 0 Å². The van der Waals surface area contributed by atoms with Crippen LogP contribution in [0.2, 0.25) is 0 Å². The highest BCUT2D eigenvalue weighted by molar-refractivity contribution is 5.93. The van der Waals surface area contributed by atoms with Crippen molar-refractivity contribution in [2.24, 2.45) is 11.7 Å². The molecule has 0 bridgehead atoms. The molecular formula is C8H11N3O4. The number of hydrogen-bond acceptors (Lipinski definition) is 4. The van der Waals surface area contributed by atoms with Crippen molar-refractivity contribution in [1.29, 1.82) is 0 Å². The monoisotopic (exact) mass is 213 g/mol. The van der Waals surface area contributed by atoms with Gasteiger partial charge in [0.2, 0.25) is 11.8 Å². The lowest BCUT2D eigenvalue weighted by molar-refractivity contribution is -0.135. The van der Waals surface area contributed by atoms with E-state index in [2.05, 4.69) is 5.48 Å². The topological polar surface area (TPSA) is 102 Å². The lowest BCUT2D eigenvalue weighted by Crippen LogP contribution is -2.43. The molecule has 2 saturated heterocycles. The van der Waals surface area contributed by atoms with Crippen LogP contribution in [-0.4, -0.2) is 41.8 Å². The summed E-state index contributed by atoms with van der Waals surface area (Å²) in [7, 11) is 0. The number of hydroxylamine groups is 1. The Balaban J connectivity index is 2.08. The summed E-state index contributed by atoms with van der Waals surface area (Å²) in [6.07, 6.45) is 0.0825. The molecule has 2 heterocycles. The molecule has 0 saturated carbocycles. The molecule has 3 N–H and O–H groups in total. The minimum Gasteiger partial charge on any atom is -0.369 e. The summed E-state index contributed by atoms with van der Waals surface area (Å²) < 4.78 is 0. The van der Waals surface area contributed by atoms with E-state index in [-0.39, 0.29) is 31.4 Å². The maximum absolute atomic E-state index is 11.5. The van der Waals surface area contributed by atoms with E-state index in [1.54, 1.807) is 0 Å². The summed E-state index contributed by atoms with van der Waals surface area (Å²) in [5.41, 5.74) is 7.27. The van der Waals surface area contributed by atoms with Crippen LogP contribution in [0.4, 0.5) is 0 Å². The lowest BCUT2D eigenvalue weighted by atomic mass is 10.1. The molecular weight excluding hydrogens is 202 g/mol. The average molecular weight is 213 g/mol. The van der Waals surface area contributed by atoms with Gasteiger partial charge in [-0.25, -0.2) is 5.48 Å². The zero-order valence-corrected chi connectivity index (χ0v) is 7.93. The van der Waals surface area contributed by atoms with E-state index in [1.165, 1.54) is 4.90 Å². The number of primary amides is 1. The van der Waals surface area contributed by atoms with Crippen molar-refractivity contribution in [3.63, 3.8) is 0 Å². The molecule has 0 aromatic heterocycles. The summed E-state index contributed by atoms with van der Waals surface area (Å²) in [5.74, 6) is -1.59. The molecule has 0 aromatic rings. The van der Waals surface area contributed by atoms with E-state index in [0.29, 0.717) is 0 Å². The van der Waals surface area contributed by atoms with Crippen LogP contribution < -0.4 is 11.2 Å². The SMILES string of the molecule is NC(=O)C1CC(=O)N([C@H]2CONC2=O)C1. The van der Waals surface area contributed by atoms with E-state index >= 15 is 0 Å². The molecule has 2 atom stereocenters. The third kappa shape index (κ3) is 1.65. The van der Waals surface area contributed by atoms with E-state index in [1.807, 2.05) is 0 Å². The van der Waals surface area contributed by atoms with E-state index < -0.39 is 17.9 Å². The highest BCUT2D eigenvalue weighted by Gasteiger charge is 2.42. The maximum Gasteiger partial charge on any atom is 0.268 e. The van der Waals surface area contributed by atoms with Gasteiger partial charge in [0, 0.05) is 13.0 Å². The lowest BCUT2D eigenvalue weighted by Gasteiger charge is -2.19. The van der Waals surface area contributed by atoms with Crippen molar-refractivity contribution in [1.82, 2.24) is 10.4 Å². The summed E-state index contributed by atoms with van der Waals surface area (Å²) in [5, 5.41) is 0. The van der Waals surface area contributed by atoms with Crippen LogP contribution in [-0.2, 0) is 19.2 Å². The van der Waals surface area contributed by atoms with E-state index in [4.69, 9.17) is 10.6 Å². The van der Waals surface area contributed by atoms with Crippen LogP contribution in [0, 0.1) is 5.92 Å². The number of likely N-dealkylation sites (tertiary alicyclic amines) is 1. The molecule has 1 unspecified atom stereocenters. The molecule has 0 spiro atoms. The van der Waals surface area contributed by atoms with Gasteiger partial charge in [0.25, 0.3) is 5.91 Å². The second-order valence-corrected chi connectivity index (χ2v) is 3.64. The smallest absolute Gasteiger partial charge is 0.268 e. The second kappa shape index (κ2) is 3.50. The molecule has 2 rings (SSSR count). The van der Waals surface area contributed by atoms with Crippen LogP contribution in [0.5, 0.6) is 0 Å². The van der Waals surface area contributed by atoms with Gasteiger partial charge in [-0.1, -0.05) is 0 Å². The van der Waals surface area contributed by atoms with Gasteiger partial charge in [-0.05, 0) is 0 Å². The molecule has 2 aliphatic heterocycles. The largest absolute Gasteiger partial charge is 0.369 e. The van der Waals surface area contributed by atoms with Crippen molar-refractivity contribution in [3.8, 4) is 0 Å². The van der Waals surface area contributed by atoms with Crippen LogP contribution in [0.3, 0.4) is 0 Å². The van der Waals surface area contributed by atoms with E-state index in [0.717, 1.165) is 0 Å². The minimum atomic E-state index is -0.623. The number of nitrogens with zero attached hydrogens (tertiary/aromatic N) is 1. The summed E-state index contributed by atoms with van der Waals surface area (Å²) >= 11 is 0. The fraction of sp³-hybridized carbons (Fsp3) is 0.625. The molecule has 0 aromatic carbocycles. The highest BCUT2D eigenvalue weighted by Crippen LogP contribution is 2.21. The Morgan fingerprint density at radius 3 is 2.73 bits per heavy atom. The van der Waals surface area contributed by atoms with Gasteiger partial charge in [-0.2, -0.15) is 0 Å². The summed E-state index contributed by atoms with van der Waals surface area (Å²) in [6.45, 7) is 0.325. The molecule has 2 fully saturated rings. The highest BCUT2D eigenvalue weighted by atomic mass is 16.7. The number of nitrogens with two attached hydrogens (primary N) is 1. The number of carbonyl (C=O) groups excluding carboxylic acids is 3. The number of hydrogen-bond donors (Lipinski definition) is 2. The zero-order valence-electron chi connectivity index (χ0n) is 7.93. The fourth-order valence-corrected chi connectivity index (χ4v) is 1.79. The van der Waals surface area contributed by atoms with E-state index in [9.17, 15) is 14.4 Å². The molecule has 2 aliphatic rings. The van der Waals surface area contributed by atoms with Crippen molar-refractivity contribution in [3.05, 3.63) is 0 Å². The Bertz CT molecular complexity index is 330. The normalized spacial score (nSPS) is 30.8. The molecule has 82 valence electrons. The second-order valence-electron chi connectivity index (χ2n) is 3.64. The van der Waals surface area contributed by atoms with Gasteiger partial charge in [-0.3, -0.25) is 19.2 Å². The Morgan fingerprint density at radius 1 is 1.53 bits per heavy atom. The molecule has 7 heteroatoms. The van der Waals surface area contributed by atoms with Crippen molar-refractivity contribution < 1.29 is 19.2 Å². The predicted octanol–water partition coefficient (Wildman–Crippen LogP) is -2.25. The van der Waals surface area contributed by atoms with Gasteiger partial charge in [0.15, 0.2) is 0 Å². The first kappa shape index (κ1) is 9.91. The van der Waals surface area contributed by atoms with Gasteiger partial charge >= 0.3 is 0 Å². The first-order valence-electron chi connectivity index (χ1n) is 4.60. The fourth-order valence-electron chi connectivity index (χ4n) is 1.79. The average Bonchev–Trinajstić information content (AvgIpc) is 2.71. The van der Waals surface area contributed by atoms with Crippen LogP contribution in [0.15, 0.2) is 0 Å². The Kier molecular flexibility index (Phi) is 2.31. The predicted molar refractivity (Wildman–Crippen MR) is 46.9 cm³/mol. The Labute approximate surface area is 85.5 Å². The van der Waals surface area contributed by atoms with Crippen LogP contribution >= 0.6 is 0 Å². The maximum atomic E-state index is 11.5. The molecule has 15 heavy (non-hydrogen) atoms. The zero-order chi connectivity index (χ0) is 11.0. The minimum absolute atomic E-state index is 0.0825. The van der Waals surface area contributed by atoms with Crippen LogP contribution in [0.1, 0.15) is 6.42 Å². The third-order valence-corrected chi connectivity index (χ3v) is 2.65. The summed E-state index contributed by atoms with van der Waals surface area (Å²) in [4.78, 5) is 39.7. The molecule has 0 radical (unpaired) electrons. The Hall–Kier alpha value is -1.63. The van der Waals surface area contributed by atoms with Crippen molar-refractivity contribution in [2.75, 3.05) is 13.2 Å². The number of nitrogens with one attached hydrogen (secondary N) is 1. The first-order chi connectivity index (χ1) is 7.09. The Morgan fingerprint density at radius 2 is 2.27 bits per heavy atom. The molecule has 7 nitrogen and oxygen atoms in total. The van der Waals surface area contributed by atoms with Crippen molar-refractivity contribution >= 4 is 17.7 Å². The molecule has 3 amide bonds. The first-order valence-corrected chi connectivity index (χ1v) is 4.60. The van der Waals surface area contributed by atoms with Crippen molar-refractivity contribution in [2.45, 2.75) is 12.5 Å². The van der Waals surface area contributed by atoms with Gasteiger partial charge < -0.3 is 10.6 Å². The molecule has 0 aliphatic carbocycles. The number of rotatable bonds is 2.